The van der Waals surface area contributed by atoms with Crippen molar-refractivity contribution < 1.29 is 8.53 Å². The molecule has 1 aromatic heterocycles. The fourth-order valence-corrected chi connectivity index (χ4v) is 0.328. The second-order valence-corrected chi connectivity index (χ2v) is 1.54. The Balaban J connectivity index is 3.29. The van der Waals surface area contributed by atoms with Gasteiger partial charge in [-0.2, -0.15) is 0 Å². The highest BCUT2D eigenvalue weighted by Gasteiger charge is 1.78. The molecule has 1 heterocycles. The van der Waals surface area contributed by atoms with Gasteiger partial charge in [-0.15, -0.1) is 0 Å². The molecule has 1 aromatic rings. The first-order valence-electron chi connectivity index (χ1n) is 2.85. The summed E-state index contributed by atoms with van der Waals surface area (Å²) in [5.74, 6) is 0. The van der Waals surface area contributed by atoms with Crippen molar-refractivity contribution in [3.8, 4) is 0 Å². The van der Waals surface area contributed by atoms with Crippen molar-refractivity contribution in [3.05, 3.63) is 23.0 Å². The van der Waals surface area contributed by atoms with Gasteiger partial charge in [-0.1, -0.05) is 0 Å². The minimum absolute atomic E-state index is 0.0694. The van der Waals surface area contributed by atoms with E-state index in [1.807, 2.05) is 0 Å². The number of rotatable bonds is 0. The molecule has 0 unspecified atom stereocenters. The smallest absolute Gasteiger partial charge is 0.106 e. The van der Waals surface area contributed by atoms with Crippen LogP contribution in [0.5, 0.6) is 0 Å². The maximum Gasteiger partial charge on any atom is 0.106 e. The van der Waals surface area contributed by atoms with E-state index in [1.165, 1.54) is 0 Å². The zero-order valence-electron chi connectivity index (χ0n) is 5.79. The Morgan fingerprint density at radius 2 is 2.83 bits per heavy atom. The third-order valence-electron chi connectivity index (χ3n) is 0.352. The molecule has 32 valence electrons. The van der Waals surface area contributed by atoms with Crippen LogP contribution >= 0.6 is 15.9 Å². The molecule has 0 aromatic carbocycles. The van der Waals surface area contributed by atoms with Crippen LogP contribution in [0.3, 0.4) is 0 Å². The van der Waals surface area contributed by atoms with Crippen molar-refractivity contribution >= 4 is 15.9 Å². The van der Waals surface area contributed by atoms with E-state index in [1.54, 1.807) is 0 Å². The summed E-state index contributed by atoms with van der Waals surface area (Å²) < 4.78 is 25.5. The molecule has 0 spiro atoms. The lowest BCUT2D eigenvalue weighted by Crippen LogP contribution is -1.35. The number of furan rings is 1. The van der Waals surface area contributed by atoms with Crippen molar-refractivity contribution in [3.63, 3.8) is 0 Å². The molecule has 0 saturated carbocycles. The first-order chi connectivity index (χ1) is 4.13. The number of hydrogen-bond acceptors (Lipinski definition) is 1. The SMILES string of the molecule is [2H]c1oc([2H])c(Br)c1[2H]. The molecule has 2 heteroatoms. The van der Waals surface area contributed by atoms with Crippen LogP contribution in [0.1, 0.15) is 4.11 Å². The van der Waals surface area contributed by atoms with Gasteiger partial charge in [0.1, 0.15) is 8.98 Å². The van der Waals surface area contributed by atoms with E-state index in [9.17, 15) is 0 Å². The molecule has 0 atom stereocenters. The first kappa shape index (κ1) is 1.70. The normalized spacial score (nSPS) is 15.8. The molecular formula is C4H3BrO. The highest BCUT2D eigenvalue weighted by atomic mass is 79.9. The molecule has 1 rings (SSSR count). The molecule has 0 aliphatic heterocycles. The predicted octanol–water partition coefficient (Wildman–Crippen LogP) is 2.04. The van der Waals surface area contributed by atoms with Crippen LogP contribution in [0.2, 0.25) is 0 Å². The lowest BCUT2D eigenvalue weighted by Gasteiger charge is -1.60. The molecule has 6 heavy (non-hydrogen) atoms. The largest absolute Gasteiger partial charge is 0.471 e. The highest BCUT2D eigenvalue weighted by molar-refractivity contribution is 9.10. The van der Waals surface area contributed by atoms with Gasteiger partial charge in [-0.3, -0.25) is 0 Å². The van der Waals surface area contributed by atoms with Crippen LogP contribution in [0.15, 0.2) is 27.4 Å². The Morgan fingerprint density at radius 3 is 3.00 bits per heavy atom. The van der Waals surface area contributed by atoms with E-state index >= 15 is 0 Å². The summed E-state index contributed by atoms with van der Waals surface area (Å²) in [7, 11) is 0. The van der Waals surface area contributed by atoms with Gasteiger partial charge in [0.15, 0.2) is 0 Å². The van der Waals surface area contributed by atoms with E-state index in [4.69, 9.17) is 4.11 Å². The van der Waals surface area contributed by atoms with Gasteiger partial charge in [-0.25, -0.2) is 0 Å². The van der Waals surface area contributed by atoms with E-state index in [0.29, 0.717) is 0 Å². The quantitative estimate of drug-likeness (QED) is 0.551. The number of hydrogen-bond donors (Lipinski definition) is 0. The average Bonchev–Trinajstić information content (AvgIpc) is 1.98. The molecule has 0 amide bonds. The van der Waals surface area contributed by atoms with Crippen molar-refractivity contribution in [2.24, 2.45) is 0 Å². The van der Waals surface area contributed by atoms with Crippen LogP contribution < -0.4 is 0 Å². The lowest BCUT2D eigenvalue weighted by molar-refractivity contribution is 0.566. The summed E-state index contributed by atoms with van der Waals surface area (Å²) in [6, 6.07) is -0.0694. The summed E-state index contributed by atoms with van der Waals surface area (Å²) in [5.41, 5.74) is 0. The van der Waals surface area contributed by atoms with Crippen LogP contribution in [-0.4, -0.2) is 0 Å². The van der Waals surface area contributed by atoms with Crippen molar-refractivity contribution in [2.75, 3.05) is 0 Å². The minimum atomic E-state index is -0.271. The molecule has 0 aliphatic carbocycles. The fraction of sp³-hybridized carbons (Fsp3) is 0. The molecular weight excluding hydrogens is 144 g/mol. The van der Waals surface area contributed by atoms with Gasteiger partial charge in [0.05, 0.1) is 12.1 Å². The van der Waals surface area contributed by atoms with E-state index in [2.05, 4.69) is 20.3 Å². The van der Waals surface area contributed by atoms with E-state index < -0.39 is 0 Å². The summed E-state index contributed by atoms with van der Waals surface area (Å²) in [6.07, 6.45) is -0.433. The monoisotopic (exact) mass is 149 g/mol. The minimum Gasteiger partial charge on any atom is -0.471 e. The molecule has 1 nitrogen and oxygen atoms in total. The van der Waals surface area contributed by atoms with Crippen LogP contribution in [0.4, 0.5) is 0 Å². The molecule has 0 fully saturated rings. The molecule has 0 radical (unpaired) electrons. The third-order valence-corrected chi connectivity index (χ3v) is 0.713. The molecule has 0 aliphatic rings. The van der Waals surface area contributed by atoms with Crippen molar-refractivity contribution in [1.29, 1.82) is 0 Å². The van der Waals surface area contributed by atoms with Crippen molar-refractivity contribution in [2.45, 2.75) is 0 Å². The van der Waals surface area contributed by atoms with Crippen LogP contribution in [0.25, 0.3) is 0 Å². The topological polar surface area (TPSA) is 13.1 Å². The Hall–Kier alpha value is -0.240. The fourth-order valence-electron chi connectivity index (χ4n) is 0.166. The summed E-state index contributed by atoms with van der Waals surface area (Å²) >= 11 is 2.91. The van der Waals surface area contributed by atoms with Gasteiger partial charge in [0.25, 0.3) is 0 Å². The zero-order chi connectivity index (χ0) is 7.02. The van der Waals surface area contributed by atoms with Crippen LogP contribution in [0, 0.1) is 0 Å². The Bertz CT molecular complexity index is 209. The Kier molecular flexibility index (Phi) is 0.417. The molecule has 0 bridgehead atoms. The second-order valence-electron chi connectivity index (χ2n) is 0.745. The number of halogens is 1. The Morgan fingerprint density at radius 1 is 2.00 bits per heavy atom. The molecule has 0 saturated heterocycles. The highest BCUT2D eigenvalue weighted by Crippen LogP contribution is 2.06. The van der Waals surface area contributed by atoms with Gasteiger partial charge >= 0.3 is 0 Å². The zero-order valence-corrected chi connectivity index (χ0v) is 4.37. The lowest BCUT2D eigenvalue weighted by atomic mass is 10.7. The summed E-state index contributed by atoms with van der Waals surface area (Å²) in [4.78, 5) is 0. The van der Waals surface area contributed by atoms with Gasteiger partial charge < -0.3 is 4.42 Å². The maximum atomic E-state index is 7.02. The summed E-state index contributed by atoms with van der Waals surface area (Å²) in [5, 5.41) is 0. The predicted molar refractivity (Wildman–Crippen MR) is 26.4 cm³/mol. The standard InChI is InChI=1S/C4H3BrO/c5-4-1-2-6-3-4/h1-3H/i1D,2D,3D. The second kappa shape index (κ2) is 1.47. The van der Waals surface area contributed by atoms with E-state index in [-0.39, 0.29) is 23.0 Å². The molecule has 0 N–H and O–H groups in total. The first-order valence-corrected chi connectivity index (χ1v) is 2.14. The van der Waals surface area contributed by atoms with E-state index in [0.717, 1.165) is 0 Å². The maximum absolute atomic E-state index is 7.02. The summed E-state index contributed by atoms with van der Waals surface area (Å²) in [6.45, 7) is 0. The van der Waals surface area contributed by atoms with Gasteiger partial charge in [-0.05, 0) is 22.0 Å². The van der Waals surface area contributed by atoms with Gasteiger partial charge in [0.2, 0.25) is 0 Å². The van der Waals surface area contributed by atoms with Gasteiger partial charge in [0, 0.05) is 0 Å². The van der Waals surface area contributed by atoms with Crippen LogP contribution in [-0.2, 0) is 0 Å². The third kappa shape index (κ3) is 0.627. The average molecular weight is 150 g/mol. The van der Waals surface area contributed by atoms with Crippen molar-refractivity contribution in [1.82, 2.24) is 0 Å². The Labute approximate surface area is 48.3 Å².